The van der Waals surface area contributed by atoms with Crippen molar-refractivity contribution in [3.05, 3.63) is 65.7 Å². The van der Waals surface area contributed by atoms with E-state index in [9.17, 15) is 4.79 Å². The maximum Gasteiger partial charge on any atom is 0.224 e. The summed E-state index contributed by atoms with van der Waals surface area (Å²) in [6.07, 6.45) is 0.353. The molecule has 0 aliphatic heterocycles. The lowest BCUT2D eigenvalue weighted by molar-refractivity contribution is -0.120. The van der Waals surface area contributed by atoms with Crippen LogP contribution in [0.5, 0.6) is 5.75 Å². The molecule has 0 bridgehead atoms. The van der Waals surface area contributed by atoms with Crippen molar-refractivity contribution < 1.29 is 9.53 Å². The molecule has 0 spiro atoms. The number of nitrogens with one attached hydrogen (secondary N) is 1. The summed E-state index contributed by atoms with van der Waals surface area (Å²) in [5, 5.41) is 2.94. The fraction of sp³-hybridized carbons (Fsp3) is 0.235. The Kier molecular flexibility index (Phi) is 5.81. The molecule has 1 atom stereocenters. The summed E-state index contributed by atoms with van der Waals surface area (Å²) in [5.41, 5.74) is 2.09. The largest absolute Gasteiger partial charge is 0.497 e. The third-order valence-electron chi connectivity index (χ3n) is 3.14. The lowest BCUT2D eigenvalue weighted by Crippen LogP contribution is -2.28. The van der Waals surface area contributed by atoms with Crippen LogP contribution in [0, 0.1) is 0 Å². The van der Waals surface area contributed by atoms with E-state index in [1.54, 1.807) is 7.11 Å². The lowest BCUT2D eigenvalue weighted by Gasteiger charge is -2.12. The summed E-state index contributed by atoms with van der Waals surface area (Å²) in [7, 11) is 1.62. The molecule has 3 nitrogen and oxygen atoms in total. The molecule has 0 fully saturated rings. The van der Waals surface area contributed by atoms with Gasteiger partial charge in [0.05, 0.1) is 18.4 Å². The van der Waals surface area contributed by atoms with E-state index < -0.39 is 0 Å². The number of hydrogen-bond acceptors (Lipinski definition) is 2. The van der Waals surface area contributed by atoms with Crippen molar-refractivity contribution in [2.75, 3.05) is 13.7 Å². The Bertz CT molecular complexity index is 586. The highest BCUT2D eigenvalue weighted by molar-refractivity contribution is 9.09. The van der Waals surface area contributed by atoms with E-state index in [2.05, 4.69) is 21.2 Å². The summed E-state index contributed by atoms with van der Waals surface area (Å²) in [5.74, 6) is 0.770. The van der Waals surface area contributed by atoms with Gasteiger partial charge in [0.2, 0.25) is 5.91 Å². The number of amides is 1. The van der Waals surface area contributed by atoms with Crippen molar-refractivity contribution in [3.63, 3.8) is 0 Å². The summed E-state index contributed by atoms with van der Waals surface area (Å²) in [6, 6.07) is 17.6. The van der Waals surface area contributed by atoms with Crippen LogP contribution in [0.25, 0.3) is 0 Å². The highest BCUT2D eigenvalue weighted by Crippen LogP contribution is 2.21. The Balaban J connectivity index is 1.84. The molecule has 0 aromatic heterocycles. The minimum atomic E-state index is 0.00336. The van der Waals surface area contributed by atoms with Gasteiger partial charge in [0.25, 0.3) is 0 Å². The molecule has 0 aliphatic carbocycles. The molecule has 1 N–H and O–H groups in total. The maximum atomic E-state index is 12.0. The third kappa shape index (κ3) is 4.90. The van der Waals surface area contributed by atoms with Gasteiger partial charge in [-0.3, -0.25) is 4.79 Å². The van der Waals surface area contributed by atoms with Crippen LogP contribution in [-0.2, 0) is 11.2 Å². The van der Waals surface area contributed by atoms with E-state index in [0.717, 1.165) is 16.9 Å². The normalized spacial score (nSPS) is 11.7. The van der Waals surface area contributed by atoms with Crippen LogP contribution in [0.2, 0.25) is 0 Å². The highest BCUT2D eigenvalue weighted by atomic mass is 79.9. The quantitative estimate of drug-likeness (QED) is 0.812. The first-order chi connectivity index (χ1) is 10.2. The second-order valence-corrected chi connectivity index (χ2v) is 5.82. The minimum Gasteiger partial charge on any atom is -0.497 e. The molecule has 2 aromatic rings. The molecule has 21 heavy (non-hydrogen) atoms. The Hall–Kier alpha value is -1.81. The van der Waals surface area contributed by atoms with Crippen LogP contribution in [0.1, 0.15) is 16.0 Å². The molecule has 0 aliphatic rings. The van der Waals surface area contributed by atoms with Crippen molar-refractivity contribution in [1.29, 1.82) is 0 Å². The fourth-order valence-corrected chi connectivity index (χ4v) is 2.48. The van der Waals surface area contributed by atoms with Gasteiger partial charge in [-0.1, -0.05) is 58.4 Å². The Morgan fingerprint density at radius 1 is 1.19 bits per heavy atom. The smallest absolute Gasteiger partial charge is 0.224 e. The molecule has 0 heterocycles. The zero-order valence-electron chi connectivity index (χ0n) is 11.9. The molecule has 0 radical (unpaired) electrons. The molecule has 2 rings (SSSR count). The predicted molar refractivity (Wildman–Crippen MR) is 87.8 cm³/mol. The third-order valence-corrected chi connectivity index (χ3v) is 3.99. The number of halogens is 1. The van der Waals surface area contributed by atoms with E-state index >= 15 is 0 Å². The van der Waals surface area contributed by atoms with Crippen LogP contribution in [-0.4, -0.2) is 19.6 Å². The van der Waals surface area contributed by atoms with Gasteiger partial charge in [-0.2, -0.15) is 0 Å². The molecule has 2 aromatic carbocycles. The molecule has 1 unspecified atom stereocenters. The molecule has 110 valence electrons. The molecule has 1 amide bonds. The molecule has 0 saturated carbocycles. The SMILES string of the molecule is COc1cccc(CC(=O)NCC(Br)c2ccccc2)c1. The predicted octanol–water partition coefficient (Wildman–Crippen LogP) is 3.49. The fourth-order valence-electron chi connectivity index (χ4n) is 2.01. The number of carbonyl (C=O) groups is 1. The highest BCUT2D eigenvalue weighted by Gasteiger charge is 2.09. The lowest BCUT2D eigenvalue weighted by atomic mass is 10.1. The summed E-state index contributed by atoms with van der Waals surface area (Å²) in [6.45, 7) is 0.562. The average Bonchev–Trinajstić information content (AvgIpc) is 2.53. The number of carbonyl (C=O) groups excluding carboxylic acids is 1. The van der Waals surface area contributed by atoms with Crippen LogP contribution in [0.15, 0.2) is 54.6 Å². The van der Waals surface area contributed by atoms with Crippen LogP contribution in [0.3, 0.4) is 0 Å². The standard InChI is InChI=1S/C17H18BrNO2/c1-21-15-9-5-6-13(10-15)11-17(20)19-12-16(18)14-7-3-2-4-8-14/h2-10,16H,11-12H2,1H3,(H,19,20). The van der Waals surface area contributed by atoms with Gasteiger partial charge < -0.3 is 10.1 Å². The second-order valence-electron chi connectivity index (χ2n) is 4.71. The molecular formula is C17H18BrNO2. The maximum absolute atomic E-state index is 12.0. The van der Waals surface area contributed by atoms with Crippen molar-refractivity contribution in [3.8, 4) is 5.75 Å². The number of ether oxygens (including phenoxy) is 1. The monoisotopic (exact) mass is 347 g/mol. The Morgan fingerprint density at radius 3 is 2.67 bits per heavy atom. The number of methoxy groups -OCH3 is 1. The molecule has 4 heteroatoms. The van der Waals surface area contributed by atoms with Crippen molar-refractivity contribution in [2.45, 2.75) is 11.2 Å². The van der Waals surface area contributed by atoms with Gasteiger partial charge in [-0.15, -0.1) is 0 Å². The first-order valence-electron chi connectivity index (χ1n) is 6.77. The molecular weight excluding hydrogens is 330 g/mol. The first-order valence-corrected chi connectivity index (χ1v) is 7.69. The first kappa shape index (κ1) is 15.6. The van der Waals surface area contributed by atoms with Crippen LogP contribution >= 0.6 is 15.9 Å². The topological polar surface area (TPSA) is 38.3 Å². The van der Waals surface area contributed by atoms with Gasteiger partial charge in [0.15, 0.2) is 0 Å². The van der Waals surface area contributed by atoms with E-state index in [0.29, 0.717) is 13.0 Å². The van der Waals surface area contributed by atoms with Gasteiger partial charge >= 0.3 is 0 Å². The van der Waals surface area contributed by atoms with Gasteiger partial charge in [0, 0.05) is 6.54 Å². The van der Waals surface area contributed by atoms with Gasteiger partial charge in [0.1, 0.15) is 5.75 Å². The van der Waals surface area contributed by atoms with Crippen molar-refractivity contribution in [1.82, 2.24) is 5.32 Å². The average molecular weight is 348 g/mol. The van der Waals surface area contributed by atoms with Crippen LogP contribution in [0.4, 0.5) is 0 Å². The Morgan fingerprint density at radius 2 is 1.95 bits per heavy atom. The minimum absolute atomic E-state index is 0.00336. The summed E-state index contributed by atoms with van der Waals surface area (Å²) >= 11 is 3.59. The van der Waals surface area contributed by atoms with Gasteiger partial charge in [-0.25, -0.2) is 0 Å². The zero-order chi connectivity index (χ0) is 15.1. The van der Waals surface area contributed by atoms with Crippen LogP contribution < -0.4 is 10.1 Å². The van der Waals surface area contributed by atoms with E-state index in [4.69, 9.17) is 4.74 Å². The second kappa shape index (κ2) is 7.84. The Labute approximate surface area is 133 Å². The number of benzene rings is 2. The number of hydrogen-bond donors (Lipinski definition) is 1. The van der Waals surface area contributed by atoms with Crippen molar-refractivity contribution in [2.24, 2.45) is 0 Å². The van der Waals surface area contributed by atoms with Gasteiger partial charge in [-0.05, 0) is 23.3 Å². The number of rotatable bonds is 6. The van der Waals surface area contributed by atoms with E-state index in [1.165, 1.54) is 0 Å². The van der Waals surface area contributed by atoms with E-state index in [-0.39, 0.29) is 10.7 Å². The van der Waals surface area contributed by atoms with Crippen molar-refractivity contribution >= 4 is 21.8 Å². The summed E-state index contributed by atoms with van der Waals surface area (Å²) in [4.78, 5) is 12.1. The molecule has 0 saturated heterocycles. The van der Waals surface area contributed by atoms with E-state index in [1.807, 2.05) is 54.6 Å². The number of alkyl halides is 1. The summed E-state index contributed by atoms with van der Waals surface area (Å²) < 4.78 is 5.15. The zero-order valence-corrected chi connectivity index (χ0v) is 13.5.